The van der Waals surface area contributed by atoms with Crippen LogP contribution in [0.1, 0.15) is 41.3 Å². The molecule has 5 nitrogen and oxygen atoms in total. The van der Waals surface area contributed by atoms with Crippen molar-refractivity contribution in [3.8, 4) is 0 Å². The number of hydrogen-bond donors (Lipinski definition) is 0. The Bertz CT molecular complexity index is 1010. The first-order valence-corrected chi connectivity index (χ1v) is 10.1. The highest BCUT2D eigenvalue weighted by Crippen LogP contribution is 2.27. The van der Waals surface area contributed by atoms with Crippen LogP contribution >= 0.6 is 0 Å². The average molecular weight is 387 g/mol. The molecule has 1 heterocycles. The van der Waals surface area contributed by atoms with Crippen LogP contribution in [0.2, 0.25) is 0 Å². The first-order chi connectivity index (χ1) is 14.1. The molecule has 0 atom stereocenters. The second-order valence-electron chi connectivity index (χ2n) is 7.55. The summed E-state index contributed by atoms with van der Waals surface area (Å²) in [7, 11) is 1.79. The Morgan fingerprint density at radius 2 is 1.59 bits per heavy atom. The minimum absolute atomic E-state index is 0.0568. The summed E-state index contributed by atoms with van der Waals surface area (Å²) in [6.45, 7) is -0.0568. The second kappa shape index (κ2) is 8.43. The van der Waals surface area contributed by atoms with E-state index >= 15 is 0 Å². The Morgan fingerprint density at radius 3 is 2.21 bits per heavy atom. The van der Waals surface area contributed by atoms with Gasteiger partial charge in [0.05, 0.1) is 11.7 Å². The summed E-state index contributed by atoms with van der Waals surface area (Å²) >= 11 is 0. The van der Waals surface area contributed by atoms with Crippen LogP contribution in [0.4, 0.5) is 0 Å². The molecule has 5 heteroatoms. The van der Waals surface area contributed by atoms with Crippen molar-refractivity contribution in [2.24, 2.45) is 0 Å². The molecular weight excluding hydrogens is 362 g/mol. The Labute approximate surface area is 170 Å². The van der Waals surface area contributed by atoms with Crippen LogP contribution in [-0.4, -0.2) is 27.6 Å². The van der Waals surface area contributed by atoms with E-state index in [1.165, 1.54) is 4.68 Å². The first kappa shape index (κ1) is 19.1. The van der Waals surface area contributed by atoms with Crippen LogP contribution in [-0.2, 0) is 24.2 Å². The molecule has 1 aromatic heterocycles. The molecule has 2 aromatic carbocycles. The molecule has 0 spiro atoms. The molecule has 0 unspecified atom stereocenters. The standard InChI is InChI=1S/C24H25N3O2/c1-26(24(18-10-4-2-5-11-18)19-12-6-3-7-13-19)23(29)17-27-22(28)16-20-14-8-9-15-21(20)25-27/h2-7,10-13,16,24H,8-9,14-15,17H2,1H3. The van der Waals surface area contributed by atoms with Gasteiger partial charge in [0, 0.05) is 13.1 Å². The van der Waals surface area contributed by atoms with E-state index in [4.69, 9.17) is 0 Å². The van der Waals surface area contributed by atoms with Gasteiger partial charge in [-0.1, -0.05) is 60.7 Å². The van der Waals surface area contributed by atoms with E-state index in [2.05, 4.69) is 5.10 Å². The quantitative estimate of drug-likeness (QED) is 0.674. The van der Waals surface area contributed by atoms with Gasteiger partial charge in [-0.15, -0.1) is 0 Å². The number of nitrogens with zero attached hydrogens (tertiary/aromatic N) is 3. The number of amides is 1. The zero-order valence-corrected chi connectivity index (χ0v) is 16.6. The molecule has 0 radical (unpaired) electrons. The van der Waals surface area contributed by atoms with E-state index in [9.17, 15) is 9.59 Å². The number of hydrogen-bond acceptors (Lipinski definition) is 3. The summed E-state index contributed by atoms with van der Waals surface area (Å²) in [5.74, 6) is -0.145. The molecule has 148 valence electrons. The van der Waals surface area contributed by atoms with Gasteiger partial charge < -0.3 is 4.90 Å². The predicted molar refractivity (Wildman–Crippen MR) is 113 cm³/mol. The van der Waals surface area contributed by atoms with Crippen molar-refractivity contribution in [3.05, 3.63) is 99.5 Å². The van der Waals surface area contributed by atoms with Crippen molar-refractivity contribution in [2.45, 2.75) is 38.3 Å². The average Bonchev–Trinajstić information content (AvgIpc) is 2.76. The van der Waals surface area contributed by atoms with Crippen LogP contribution in [0.25, 0.3) is 0 Å². The number of benzene rings is 2. The molecule has 4 rings (SSSR count). The summed E-state index contributed by atoms with van der Waals surface area (Å²) < 4.78 is 1.32. The maximum Gasteiger partial charge on any atom is 0.267 e. The summed E-state index contributed by atoms with van der Waals surface area (Å²) in [5, 5.41) is 4.50. The molecule has 0 N–H and O–H groups in total. The first-order valence-electron chi connectivity index (χ1n) is 10.1. The Hall–Kier alpha value is -3.21. The smallest absolute Gasteiger partial charge is 0.267 e. The van der Waals surface area contributed by atoms with Gasteiger partial charge in [0.1, 0.15) is 6.54 Å². The molecule has 0 saturated heterocycles. The summed E-state index contributed by atoms with van der Waals surface area (Å²) in [4.78, 5) is 27.3. The van der Waals surface area contributed by atoms with Gasteiger partial charge in [-0.3, -0.25) is 9.59 Å². The molecule has 0 fully saturated rings. The van der Waals surface area contributed by atoms with Gasteiger partial charge in [-0.2, -0.15) is 5.10 Å². The number of rotatable bonds is 5. The number of aromatic nitrogens is 2. The van der Waals surface area contributed by atoms with Crippen LogP contribution in [0.5, 0.6) is 0 Å². The zero-order valence-electron chi connectivity index (χ0n) is 16.6. The normalized spacial score (nSPS) is 13.2. The van der Waals surface area contributed by atoms with Gasteiger partial charge in [-0.05, 0) is 42.4 Å². The van der Waals surface area contributed by atoms with E-state index in [1.807, 2.05) is 60.7 Å². The van der Waals surface area contributed by atoms with Gasteiger partial charge in [-0.25, -0.2) is 4.68 Å². The number of carbonyl (C=O) groups excluding carboxylic acids is 1. The number of likely N-dealkylation sites (N-methyl/N-ethyl adjacent to an activating group) is 1. The lowest BCUT2D eigenvalue weighted by Gasteiger charge is -2.29. The van der Waals surface area contributed by atoms with E-state index in [0.29, 0.717) is 0 Å². The molecule has 0 bridgehead atoms. The number of aryl methyl sites for hydroxylation is 2. The van der Waals surface area contributed by atoms with Crippen LogP contribution in [0.3, 0.4) is 0 Å². The summed E-state index contributed by atoms with van der Waals surface area (Å²) in [6.07, 6.45) is 3.94. The lowest BCUT2D eigenvalue weighted by atomic mass is 9.97. The highest BCUT2D eigenvalue weighted by molar-refractivity contribution is 5.76. The molecule has 1 aliphatic rings. The third-order valence-corrected chi connectivity index (χ3v) is 5.57. The largest absolute Gasteiger partial charge is 0.333 e. The van der Waals surface area contributed by atoms with E-state index < -0.39 is 0 Å². The lowest BCUT2D eigenvalue weighted by molar-refractivity contribution is -0.132. The van der Waals surface area contributed by atoms with Gasteiger partial charge in [0.25, 0.3) is 5.56 Å². The van der Waals surface area contributed by atoms with Crippen LogP contribution in [0.15, 0.2) is 71.5 Å². The number of carbonyl (C=O) groups is 1. The second-order valence-corrected chi connectivity index (χ2v) is 7.55. The lowest BCUT2D eigenvalue weighted by Crippen LogP contribution is -2.38. The Kier molecular flexibility index (Phi) is 5.56. The maximum absolute atomic E-state index is 13.1. The number of fused-ring (bicyclic) bond motifs is 1. The maximum atomic E-state index is 13.1. The molecule has 0 saturated carbocycles. The fraction of sp³-hybridized carbons (Fsp3) is 0.292. The molecule has 1 amide bonds. The fourth-order valence-electron chi connectivity index (χ4n) is 4.01. The minimum atomic E-state index is -0.224. The third-order valence-electron chi connectivity index (χ3n) is 5.57. The fourth-order valence-corrected chi connectivity index (χ4v) is 4.01. The SMILES string of the molecule is CN(C(=O)Cn1nc2c(cc1=O)CCCC2)C(c1ccccc1)c1ccccc1. The van der Waals surface area contributed by atoms with Crippen LogP contribution < -0.4 is 5.56 Å². The molecule has 3 aromatic rings. The molecule has 1 aliphatic carbocycles. The zero-order chi connectivity index (χ0) is 20.2. The molecule has 0 aliphatic heterocycles. The van der Waals surface area contributed by atoms with E-state index in [0.717, 1.165) is 48.1 Å². The highest BCUT2D eigenvalue weighted by atomic mass is 16.2. The van der Waals surface area contributed by atoms with Gasteiger partial charge in [0.15, 0.2) is 0 Å². The summed E-state index contributed by atoms with van der Waals surface area (Å²) in [5.41, 5.74) is 3.84. The molecule has 29 heavy (non-hydrogen) atoms. The van der Waals surface area contributed by atoms with E-state index in [1.54, 1.807) is 18.0 Å². The van der Waals surface area contributed by atoms with Gasteiger partial charge >= 0.3 is 0 Å². The van der Waals surface area contributed by atoms with Crippen molar-refractivity contribution in [2.75, 3.05) is 7.05 Å². The van der Waals surface area contributed by atoms with Gasteiger partial charge in [0.2, 0.25) is 5.91 Å². The highest BCUT2D eigenvalue weighted by Gasteiger charge is 2.24. The minimum Gasteiger partial charge on any atom is -0.333 e. The van der Waals surface area contributed by atoms with Crippen molar-refractivity contribution in [1.29, 1.82) is 0 Å². The Balaban J connectivity index is 1.62. The third kappa shape index (κ3) is 4.14. The molecular formula is C24H25N3O2. The van der Waals surface area contributed by atoms with Crippen molar-refractivity contribution in [3.63, 3.8) is 0 Å². The van der Waals surface area contributed by atoms with E-state index in [-0.39, 0.29) is 24.1 Å². The van der Waals surface area contributed by atoms with Crippen LogP contribution in [0, 0.1) is 0 Å². The monoisotopic (exact) mass is 387 g/mol. The topological polar surface area (TPSA) is 55.2 Å². The predicted octanol–water partition coefficient (Wildman–Crippen LogP) is 3.37. The summed E-state index contributed by atoms with van der Waals surface area (Å²) in [6, 6.07) is 21.3. The Morgan fingerprint density at radius 1 is 1.00 bits per heavy atom. The van der Waals surface area contributed by atoms with Crippen molar-refractivity contribution in [1.82, 2.24) is 14.7 Å². The van der Waals surface area contributed by atoms with Crippen molar-refractivity contribution < 1.29 is 4.79 Å². The van der Waals surface area contributed by atoms with Crippen molar-refractivity contribution >= 4 is 5.91 Å².